The summed E-state index contributed by atoms with van der Waals surface area (Å²) in [5.74, 6) is 0.866. The summed E-state index contributed by atoms with van der Waals surface area (Å²) in [7, 11) is 1.56. The molecule has 2 nitrogen and oxygen atoms in total. The molecule has 0 heterocycles. The van der Waals surface area contributed by atoms with E-state index in [1.807, 2.05) is 6.07 Å². The van der Waals surface area contributed by atoms with Crippen molar-refractivity contribution in [1.29, 1.82) is 0 Å². The van der Waals surface area contributed by atoms with Crippen LogP contribution in [0, 0.1) is 5.82 Å². The number of hydrogen-bond acceptors (Lipinski definition) is 2. The summed E-state index contributed by atoms with van der Waals surface area (Å²) in [5, 5.41) is 3.44. The zero-order chi connectivity index (χ0) is 14.8. The van der Waals surface area contributed by atoms with Gasteiger partial charge in [0.15, 0.2) is 0 Å². The first kappa shape index (κ1) is 14.4. The van der Waals surface area contributed by atoms with Gasteiger partial charge in [-0.3, -0.25) is 0 Å². The van der Waals surface area contributed by atoms with Gasteiger partial charge in [0.1, 0.15) is 11.6 Å². The largest absolute Gasteiger partial charge is 0.494 e. The number of halogens is 2. The van der Waals surface area contributed by atoms with Gasteiger partial charge < -0.3 is 10.1 Å². The van der Waals surface area contributed by atoms with Gasteiger partial charge in [-0.05, 0) is 48.6 Å². The van der Waals surface area contributed by atoms with Crippen LogP contribution in [0.4, 0.5) is 10.1 Å². The zero-order valence-electron chi connectivity index (χ0n) is 11.8. The standard InChI is InChI=1S/C17H17BrFNO/c1-21-17-10-14(19)5-6-16(17)20-15-8-12(9-15)11-3-2-4-13(18)7-11/h2-7,10,12,15,20H,8-9H2,1H3. The third-order valence-corrected chi connectivity index (χ3v) is 4.47. The molecule has 0 unspecified atom stereocenters. The van der Waals surface area contributed by atoms with Crippen molar-refractivity contribution in [3.8, 4) is 5.75 Å². The number of benzene rings is 2. The lowest BCUT2D eigenvalue weighted by Gasteiger charge is -2.37. The van der Waals surface area contributed by atoms with E-state index in [4.69, 9.17) is 4.74 Å². The second-order valence-corrected chi connectivity index (χ2v) is 6.32. The molecule has 0 aliphatic heterocycles. The van der Waals surface area contributed by atoms with Crippen LogP contribution < -0.4 is 10.1 Å². The monoisotopic (exact) mass is 349 g/mol. The molecule has 1 aliphatic carbocycles. The Morgan fingerprint density at radius 3 is 2.71 bits per heavy atom. The fourth-order valence-corrected chi connectivity index (χ4v) is 3.19. The minimum Gasteiger partial charge on any atom is -0.494 e. The highest BCUT2D eigenvalue weighted by atomic mass is 79.9. The SMILES string of the molecule is COc1cc(F)ccc1NC1CC(c2cccc(Br)c2)C1. The van der Waals surface area contributed by atoms with E-state index in [2.05, 4.69) is 39.4 Å². The summed E-state index contributed by atoms with van der Waals surface area (Å²) in [5.41, 5.74) is 2.23. The lowest BCUT2D eigenvalue weighted by molar-refractivity contribution is 0.369. The van der Waals surface area contributed by atoms with Crippen LogP contribution in [0.1, 0.15) is 24.3 Å². The molecule has 0 atom stereocenters. The van der Waals surface area contributed by atoms with Gasteiger partial charge in [0.25, 0.3) is 0 Å². The van der Waals surface area contributed by atoms with Crippen LogP contribution in [0.25, 0.3) is 0 Å². The van der Waals surface area contributed by atoms with Crippen molar-refractivity contribution in [3.63, 3.8) is 0 Å². The molecule has 2 aromatic carbocycles. The summed E-state index contributed by atoms with van der Waals surface area (Å²) in [6.45, 7) is 0. The molecule has 1 fully saturated rings. The Balaban J connectivity index is 1.62. The number of nitrogens with one attached hydrogen (secondary N) is 1. The van der Waals surface area contributed by atoms with Crippen LogP contribution in [0.2, 0.25) is 0 Å². The van der Waals surface area contributed by atoms with E-state index < -0.39 is 0 Å². The van der Waals surface area contributed by atoms with E-state index in [1.165, 1.54) is 17.7 Å². The molecule has 1 saturated carbocycles. The molecular formula is C17H17BrFNO. The maximum Gasteiger partial charge on any atom is 0.144 e. The van der Waals surface area contributed by atoms with Crippen molar-refractivity contribution < 1.29 is 9.13 Å². The highest BCUT2D eigenvalue weighted by Crippen LogP contribution is 2.40. The van der Waals surface area contributed by atoms with Gasteiger partial charge >= 0.3 is 0 Å². The molecule has 0 amide bonds. The van der Waals surface area contributed by atoms with Gasteiger partial charge in [0, 0.05) is 16.6 Å². The van der Waals surface area contributed by atoms with Crippen molar-refractivity contribution >= 4 is 21.6 Å². The lowest BCUT2D eigenvalue weighted by atomic mass is 9.76. The lowest BCUT2D eigenvalue weighted by Crippen LogP contribution is -2.34. The van der Waals surface area contributed by atoms with Crippen LogP contribution in [0.5, 0.6) is 5.75 Å². The molecule has 110 valence electrons. The topological polar surface area (TPSA) is 21.3 Å². The zero-order valence-corrected chi connectivity index (χ0v) is 13.4. The first-order chi connectivity index (χ1) is 10.2. The smallest absolute Gasteiger partial charge is 0.144 e. The van der Waals surface area contributed by atoms with Gasteiger partial charge in [-0.1, -0.05) is 28.1 Å². The maximum absolute atomic E-state index is 13.2. The molecule has 1 aliphatic rings. The third kappa shape index (κ3) is 3.21. The van der Waals surface area contributed by atoms with Crippen molar-refractivity contribution in [3.05, 3.63) is 58.3 Å². The van der Waals surface area contributed by atoms with Gasteiger partial charge in [0.05, 0.1) is 12.8 Å². The number of ether oxygens (including phenoxy) is 1. The summed E-state index contributed by atoms with van der Waals surface area (Å²) in [6.07, 6.45) is 2.16. The molecule has 1 N–H and O–H groups in total. The maximum atomic E-state index is 13.2. The van der Waals surface area contributed by atoms with Crippen molar-refractivity contribution in [2.45, 2.75) is 24.8 Å². The van der Waals surface area contributed by atoms with Crippen LogP contribution in [0.15, 0.2) is 46.9 Å². The molecule has 2 aromatic rings. The molecule has 0 radical (unpaired) electrons. The quantitative estimate of drug-likeness (QED) is 0.842. The normalized spacial score (nSPS) is 20.7. The average molecular weight is 350 g/mol. The second kappa shape index (κ2) is 6.06. The fraction of sp³-hybridized carbons (Fsp3) is 0.294. The Kier molecular flexibility index (Phi) is 4.15. The number of anilines is 1. The van der Waals surface area contributed by atoms with Crippen LogP contribution in [0.3, 0.4) is 0 Å². The highest BCUT2D eigenvalue weighted by Gasteiger charge is 2.30. The Morgan fingerprint density at radius 1 is 1.19 bits per heavy atom. The van der Waals surface area contributed by atoms with Crippen LogP contribution >= 0.6 is 15.9 Å². The molecule has 0 bridgehead atoms. The van der Waals surface area contributed by atoms with E-state index in [9.17, 15) is 4.39 Å². The Hall–Kier alpha value is -1.55. The fourth-order valence-electron chi connectivity index (χ4n) is 2.77. The van der Waals surface area contributed by atoms with Gasteiger partial charge in [0.2, 0.25) is 0 Å². The molecule has 0 saturated heterocycles. The highest BCUT2D eigenvalue weighted by molar-refractivity contribution is 9.10. The molecule has 0 spiro atoms. The van der Waals surface area contributed by atoms with E-state index in [1.54, 1.807) is 13.2 Å². The predicted molar refractivity (Wildman–Crippen MR) is 86.5 cm³/mol. The van der Waals surface area contributed by atoms with Crippen molar-refractivity contribution in [2.24, 2.45) is 0 Å². The number of rotatable bonds is 4. The van der Waals surface area contributed by atoms with E-state index >= 15 is 0 Å². The molecule has 0 aromatic heterocycles. The average Bonchev–Trinajstić information content (AvgIpc) is 2.43. The van der Waals surface area contributed by atoms with E-state index in [0.717, 1.165) is 23.0 Å². The van der Waals surface area contributed by atoms with E-state index in [-0.39, 0.29) is 5.82 Å². The van der Waals surface area contributed by atoms with Crippen LogP contribution in [-0.4, -0.2) is 13.2 Å². The first-order valence-electron chi connectivity index (χ1n) is 7.01. The minimum absolute atomic E-state index is 0.280. The summed E-state index contributed by atoms with van der Waals surface area (Å²) < 4.78 is 19.5. The van der Waals surface area contributed by atoms with Gasteiger partial charge in [-0.2, -0.15) is 0 Å². The van der Waals surface area contributed by atoms with Crippen molar-refractivity contribution in [2.75, 3.05) is 12.4 Å². The first-order valence-corrected chi connectivity index (χ1v) is 7.80. The molecule has 4 heteroatoms. The Bertz CT molecular complexity index is 640. The predicted octanol–water partition coefficient (Wildman–Crippen LogP) is 4.95. The van der Waals surface area contributed by atoms with Crippen LogP contribution in [-0.2, 0) is 0 Å². The third-order valence-electron chi connectivity index (χ3n) is 3.98. The molecular weight excluding hydrogens is 333 g/mol. The summed E-state index contributed by atoms with van der Waals surface area (Å²) in [6, 6.07) is 13.5. The summed E-state index contributed by atoms with van der Waals surface area (Å²) in [4.78, 5) is 0. The number of hydrogen-bond donors (Lipinski definition) is 1. The minimum atomic E-state index is -0.280. The molecule has 21 heavy (non-hydrogen) atoms. The molecule has 3 rings (SSSR count). The Morgan fingerprint density at radius 2 is 2.00 bits per heavy atom. The van der Waals surface area contributed by atoms with E-state index in [0.29, 0.717) is 17.7 Å². The number of methoxy groups -OCH3 is 1. The van der Waals surface area contributed by atoms with Gasteiger partial charge in [-0.15, -0.1) is 0 Å². The van der Waals surface area contributed by atoms with Crippen molar-refractivity contribution in [1.82, 2.24) is 0 Å². The Labute approximate surface area is 132 Å². The second-order valence-electron chi connectivity index (χ2n) is 5.41. The van der Waals surface area contributed by atoms with Gasteiger partial charge in [-0.25, -0.2) is 4.39 Å². The summed E-state index contributed by atoms with van der Waals surface area (Å²) >= 11 is 3.51.